The van der Waals surface area contributed by atoms with Gasteiger partial charge in [-0.2, -0.15) is 0 Å². The number of rotatable bonds is 5. The van der Waals surface area contributed by atoms with Crippen molar-refractivity contribution in [2.45, 2.75) is 24.9 Å². The predicted molar refractivity (Wildman–Crippen MR) is 209 cm³/mol. The number of methoxy groups -OCH3 is 1. The Kier molecular flexibility index (Phi) is 6.98. The van der Waals surface area contributed by atoms with Crippen molar-refractivity contribution in [3.05, 3.63) is 191 Å². The van der Waals surface area contributed by atoms with Crippen LogP contribution in [-0.4, -0.2) is 7.11 Å². The Morgan fingerprint density at radius 1 is 0.627 bits per heavy atom. The highest BCUT2D eigenvalue weighted by Crippen LogP contribution is 2.58. The minimum absolute atomic E-state index is 0.328. The van der Waals surface area contributed by atoms with Crippen LogP contribution < -0.4 is 9.47 Å². The van der Waals surface area contributed by atoms with Gasteiger partial charge in [-0.05, 0) is 68.1 Å². The van der Waals surface area contributed by atoms with E-state index in [4.69, 9.17) is 16.0 Å². The normalized spacial score (nSPS) is 16.4. The summed E-state index contributed by atoms with van der Waals surface area (Å²) in [6.07, 6.45) is 4.49. The van der Waals surface area contributed by atoms with E-state index in [1.807, 2.05) is 24.3 Å². The molecule has 2 aliphatic rings. The van der Waals surface area contributed by atoms with Gasteiger partial charge in [-0.15, -0.1) is 0 Å². The smallest absolute Gasteiger partial charge is 0.187 e. The minimum Gasteiger partial charge on any atom is -0.497 e. The van der Waals surface area contributed by atoms with E-state index in [1.54, 1.807) is 7.11 Å². The summed E-state index contributed by atoms with van der Waals surface area (Å²) in [7, 11) is 1.69. The molecule has 1 heterocycles. The third kappa shape index (κ3) is 4.72. The summed E-state index contributed by atoms with van der Waals surface area (Å²) in [5.74, 6) is 1.67. The van der Waals surface area contributed by atoms with Gasteiger partial charge in [-0.1, -0.05) is 153 Å². The predicted octanol–water partition coefficient (Wildman–Crippen LogP) is 12.4. The van der Waals surface area contributed by atoms with Crippen LogP contribution in [0, 0.1) is 6.57 Å². The van der Waals surface area contributed by atoms with E-state index < -0.39 is 5.60 Å². The van der Waals surface area contributed by atoms with Crippen LogP contribution in [0.2, 0.25) is 0 Å². The van der Waals surface area contributed by atoms with Crippen LogP contribution in [0.5, 0.6) is 11.5 Å². The molecule has 1 aliphatic carbocycles. The molecule has 0 fully saturated rings. The largest absolute Gasteiger partial charge is 0.497 e. The van der Waals surface area contributed by atoms with Crippen molar-refractivity contribution in [2.75, 3.05) is 7.11 Å². The van der Waals surface area contributed by atoms with Crippen LogP contribution in [0.15, 0.2) is 152 Å². The number of ether oxygens (including phenoxy) is 2. The number of nitrogens with zero attached hydrogens (tertiary/aromatic N) is 1. The number of fused-ring (bicyclic) bond motifs is 8. The van der Waals surface area contributed by atoms with Gasteiger partial charge in [-0.3, -0.25) is 0 Å². The van der Waals surface area contributed by atoms with Crippen molar-refractivity contribution in [1.82, 2.24) is 0 Å². The highest BCUT2D eigenvalue weighted by atomic mass is 16.5. The maximum Gasteiger partial charge on any atom is 0.187 e. The van der Waals surface area contributed by atoms with Crippen LogP contribution in [0.25, 0.3) is 55.1 Å². The molecule has 0 saturated carbocycles. The molecule has 51 heavy (non-hydrogen) atoms. The van der Waals surface area contributed by atoms with E-state index in [1.165, 1.54) is 33.4 Å². The van der Waals surface area contributed by atoms with Gasteiger partial charge in [-0.25, -0.2) is 4.85 Å². The summed E-state index contributed by atoms with van der Waals surface area (Å²) >= 11 is 0. The molecule has 7 aromatic rings. The van der Waals surface area contributed by atoms with Gasteiger partial charge in [0.25, 0.3) is 0 Å². The summed E-state index contributed by atoms with van der Waals surface area (Å²) < 4.78 is 13.0. The highest BCUT2D eigenvalue weighted by molar-refractivity contribution is 6.08. The van der Waals surface area contributed by atoms with E-state index in [0.717, 1.165) is 50.1 Å². The zero-order valence-electron chi connectivity index (χ0n) is 28.8. The molecule has 7 aromatic carbocycles. The lowest BCUT2D eigenvalue weighted by molar-refractivity contribution is 0.163. The molecule has 0 radical (unpaired) electrons. The fourth-order valence-electron chi connectivity index (χ4n) is 8.20. The van der Waals surface area contributed by atoms with E-state index >= 15 is 0 Å². The summed E-state index contributed by atoms with van der Waals surface area (Å²) in [6.45, 7) is 12.2. The first-order valence-corrected chi connectivity index (χ1v) is 17.3. The average molecular weight is 658 g/mol. The van der Waals surface area contributed by atoms with Crippen LogP contribution in [-0.2, 0) is 11.0 Å². The zero-order valence-corrected chi connectivity index (χ0v) is 28.8. The monoisotopic (exact) mass is 657 g/mol. The van der Waals surface area contributed by atoms with Crippen molar-refractivity contribution >= 4 is 22.5 Å². The fourth-order valence-corrected chi connectivity index (χ4v) is 8.20. The Bertz CT molecular complexity index is 2540. The van der Waals surface area contributed by atoms with E-state index in [-0.39, 0.29) is 5.41 Å². The SMILES string of the molecule is [C-]#[N+]c1ccc2c(c1)C(C)(C)c1c3c(c4ccccc4c1-2)OC(c1ccc(OC)cc1)(c1ccc(-c2ccc(-c4ccccc4)cc2)cc1)C=C3. The topological polar surface area (TPSA) is 22.8 Å². The molecule has 0 amide bonds. The molecule has 3 nitrogen and oxygen atoms in total. The number of hydrogen-bond donors (Lipinski definition) is 0. The van der Waals surface area contributed by atoms with Gasteiger partial charge >= 0.3 is 0 Å². The maximum absolute atomic E-state index is 7.70. The lowest BCUT2D eigenvalue weighted by Crippen LogP contribution is -2.35. The van der Waals surface area contributed by atoms with Gasteiger partial charge < -0.3 is 9.47 Å². The Labute approximate surface area is 298 Å². The first kappa shape index (κ1) is 30.7. The van der Waals surface area contributed by atoms with Gasteiger partial charge in [0.05, 0.1) is 13.7 Å². The Morgan fingerprint density at radius 3 is 1.82 bits per heavy atom. The molecule has 9 rings (SSSR count). The van der Waals surface area contributed by atoms with Crippen molar-refractivity contribution in [3.8, 4) is 44.9 Å². The number of benzene rings is 7. The van der Waals surface area contributed by atoms with Crippen LogP contribution in [0.1, 0.15) is 41.7 Å². The molecule has 0 spiro atoms. The molecule has 244 valence electrons. The third-order valence-electron chi connectivity index (χ3n) is 10.8. The van der Waals surface area contributed by atoms with E-state index in [0.29, 0.717) is 5.69 Å². The quantitative estimate of drug-likeness (QED) is 0.172. The van der Waals surface area contributed by atoms with Gasteiger partial charge in [0.1, 0.15) is 11.5 Å². The lowest BCUT2D eigenvalue weighted by atomic mass is 9.76. The molecule has 1 unspecified atom stereocenters. The molecular formula is C48H35NO2. The molecule has 0 aromatic heterocycles. The molecule has 3 heteroatoms. The minimum atomic E-state index is -0.890. The molecule has 1 atom stereocenters. The molecule has 0 N–H and O–H groups in total. The first-order valence-electron chi connectivity index (χ1n) is 17.3. The Balaban J connectivity index is 1.20. The van der Waals surface area contributed by atoms with Gasteiger partial charge in [0, 0.05) is 27.5 Å². The fraction of sp³-hybridized carbons (Fsp3) is 0.104. The van der Waals surface area contributed by atoms with Crippen molar-refractivity contribution in [3.63, 3.8) is 0 Å². The lowest BCUT2D eigenvalue weighted by Gasteiger charge is -2.38. The zero-order chi connectivity index (χ0) is 34.7. The number of hydrogen-bond acceptors (Lipinski definition) is 2. The van der Waals surface area contributed by atoms with Crippen molar-refractivity contribution in [2.24, 2.45) is 0 Å². The Hall–Kier alpha value is -6.37. The maximum atomic E-state index is 7.70. The second-order valence-electron chi connectivity index (χ2n) is 13.9. The molecule has 0 bridgehead atoms. The van der Waals surface area contributed by atoms with Crippen molar-refractivity contribution < 1.29 is 9.47 Å². The van der Waals surface area contributed by atoms with E-state index in [2.05, 4.69) is 152 Å². The standard InChI is InChI=1S/C48H35NO2/c1-47(2)43-30-37(49-3)24-27-41(43)44-39-12-8-9-13-40(39)46-42(45(44)47)28-29-48(51-46,36-22-25-38(50-4)26-23-36)35-20-18-34(19-21-35)33-16-14-32(15-17-33)31-10-6-5-7-11-31/h5-30H,1-2,4H3. The summed E-state index contributed by atoms with van der Waals surface area (Å²) in [4.78, 5) is 3.77. The molecule has 1 aliphatic heterocycles. The summed E-state index contributed by atoms with van der Waals surface area (Å²) in [6, 6.07) is 50.9. The first-order chi connectivity index (χ1) is 24.9. The summed E-state index contributed by atoms with van der Waals surface area (Å²) in [5.41, 5.74) is 12.1. The van der Waals surface area contributed by atoms with Crippen LogP contribution in [0.3, 0.4) is 0 Å². The van der Waals surface area contributed by atoms with Crippen LogP contribution in [0.4, 0.5) is 5.69 Å². The Morgan fingerprint density at radius 2 is 1.20 bits per heavy atom. The van der Waals surface area contributed by atoms with Gasteiger partial charge in [0.15, 0.2) is 11.3 Å². The van der Waals surface area contributed by atoms with E-state index in [9.17, 15) is 0 Å². The third-order valence-corrected chi connectivity index (χ3v) is 10.8. The molecular weight excluding hydrogens is 623 g/mol. The second-order valence-corrected chi connectivity index (χ2v) is 13.9. The average Bonchev–Trinajstić information content (AvgIpc) is 3.44. The highest BCUT2D eigenvalue weighted by Gasteiger charge is 2.44. The second kappa shape index (κ2) is 11.6. The van der Waals surface area contributed by atoms with Crippen molar-refractivity contribution in [1.29, 1.82) is 0 Å². The van der Waals surface area contributed by atoms with Crippen LogP contribution >= 0.6 is 0 Å². The van der Waals surface area contributed by atoms with Gasteiger partial charge in [0.2, 0.25) is 0 Å². The summed E-state index contributed by atoms with van der Waals surface area (Å²) in [5, 5.41) is 2.23. The molecule has 0 saturated heterocycles.